The van der Waals surface area contributed by atoms with Gasteiger partial charge >= 0.3 is 0 Å². The Morgan fingerprint density at radius 3 is 1.45 bits per heavy atom. The first-order valence-corrected chi connectivity index (χ1v) is 6.23. The van der Waals surface area contributed by atoms with Gasteiger partial charge in [-0.1, -0.05) is 12.2 Å². The van der Waals surface area contributed by atoms with Crippen LogP contribution in [0.2, 0.25) is 0 Å². The van der Waals surface area contributed by atoms with Crippen molar-refractivity contribution in [3.8, 4) is 0 Å². The Kier molecular flexibility index (Phi) is 3.88. The minimum Gasteiger partial charge on any atom is -0.282 e. The molecule has 0 aromatic carbocycles. The summed E-state index contributed by atoms with van der Waals surface area (Å²) in [7, 11) is 2.69. The van der Waals surface area contributed by atoms with Gasteiger partial charge < -0.3 is 0 Å². The molecule has 6 heteroatoms. The van der Waals surface area contributed by atoms with Crippen molar-refractivity contribution in [1.82, 2.24) is 10.6 Å². The van der Waals surface area contributed by atoms with Crippen LogP contribution in [0.4, 0.5) is 17.6 Å². The number of rotatable bonds is 3. The largest absolute Gasteiger partial charge is 0.282 e. The Morgan fingerprint density at radius 1 is 0.850 bits per heavy atom. The van der Waals surface area contributed by atoms with Crippen molar-refractivity contribution in [3.05, 3.63) is 48.1 Å². The highest BCUT2D eigenvalue weighted by Gasteiger charge is 2.37. The molecule has 2 aliphatic rings. The first-order chi connectivity index (χ1) is 9.32. The minimum absolute atomic E-state index is 0.758. The van der Waals surface area contributed by atoms with E-state index in [1.54, 1.807) is 0 Å². The van der Waals surface area contributed by atoms with E-state index in [1.165, 1.54) is 26.2 Å². The van der Waals surface area contributed by atoms with Crippen LogP contribution in [0.25, 0.3) is 0 Å². The maximum Gasteiger partial charge on any atom is 0.201 e. The van der Waals surface area contributed by atoms with Crippen LogP contribution in [0, 0.1) is 11.8 Å². The third kappa shape index (κ3) is 2.71. The topological polar surface area (TPSA) is 24.1 Å². The molecule has 20 heavy (non-hydrogen) atoms. The lowest BCUT2D eigenvalue weighted by molar-refractivity contribution is 0.227. The Hall–Kier alpha value is -1.40. The molecule has 110 valence electrons. The van der Waals surface area contributed by atoms with E-state index in [-0.39, 0.29) is 0 Å². The van der Waals surface area contributed by atoms with Crippen LogP contribution in [0.3, 0.4) is 0 Å². The number of allylic oxidation sites excluding steroid dienone is 4. The lowest BCUT2D eigenvalue weighted by Crippen LogP contribution is -2.39. The molecule has 2 nitrogen and oxygen atoms in total. The van der Waals surface area contributed by atoms with Gasteiger partial charge in [-0.3, -0.25) is 10.6 Å². The van der Waals surface area contributed by atoms with E-state index in [0.717, 1.165) is 24.3 Å². The van der Waals surface area contributed by atoms with Gasteiger partial charge in [0.25, 0.3) is 0 Å². The zero-order valence-electron chi connectivity index (χ0n) is 11.1. The summed E-state index contributed by atoms with van der Waals surface area (Å²) >= 11 is 0. The van der Waals surface area contributed by atoms with Gasteiger partial charge in [0.1, 0.15) is 11.7 Å². The number of halogens is 4. The third-order valence-electron chi connectivity index (χ3n) is 3.58. The number of hydrogen-bond acceptors (Lipinski definition) is 2. The average molecular weight is 288 g/mol. The van der Waals surface area contributed by atoms with Gasteiger partial charge in [-0.15, -0.1) is 0 Å². The molecule has 4 unspecified atom stereocenters. The van der Waals surface area contributed by atoms with Crippen LogP contribution in [0.15, 0.2) is 48.1 Å². The Morgan fingerprint density at radius 2 is 1.20 bits per heavy atom. The predicted octanol–water partition coefficient (Wildman–Crippen LogP) is 2.84. The molecule has 2 aliphatic carbocycles. The first-order valence-electron chi connectivity index (χ1n) is 6.23. The van der Waals surface area contributed by atoms with E-state index in [2.05, 4.69) is 10.6 Å². The number of nitrogens with one attached hydrogen (secondary N) is 2. The van der Waals surface area contributed by atoms with Gasteiger partial charge in [-0.05, 0) is 26.2 Å². The maximum atomic E-state index is 14.0. The molecular formula is C14H16F4N2. The summed E-state index contributed by atoms with van der Waals surface area (Å²) < 4.78 is 55.6. The van der Waals surface area contributed by atoms with E-state index in [0.29, 0.717) is 0 Å². The van der Waals surface area contributed by atoms with Gasteiger partial charge in [0.15, 0.2) is 0 Å². The van der Waals surface area contributed by atoms with E-state index >= 15 is 0 Å². The molecule has 0 aromatic rings. The van der Waals surface area contributed by atoms with Crippen molar-refractivity contribution in [2.75, 3.05) is 14.1 Å². The molecule has 0 amide bonds. The second-order valence-corrected chi connectivity index (χ2v) is 4.86. The van der Waals surface area contributed by atoms with Crippen LogP contribution >= 0.6 is 0 Å². The molecule has 0 aliphatic heterocycles. The molecular weight excluding hydrogens is 272 g/mol. The smallest absolute Gasteiger partial charge is 0.201 e. The van der Waals surface area contributed by atoms with Crippen molar-refractivity contribution in [2.45, 2.75) is 11.6 Å². The maximum absolute atomic E-state index is 14.0. The molecule has 0 saturated carbocycles. The minimum atomic E-state index is -2.08. The molecule has 0 spiro atoms. The summed E-state index contributed by atoms with van der Waals surface area (Å²) in [4.78, 5) is 0. The molecule has 0 radical (unpaired) electrons. The lowest BCUT2D eigenvalue weighted by Gasteiger charge is -2.30. The summed E-state index contributed by atoms with van der Waals surface area (Å²) in [6, 6.07) is 0. The number of likely N-dealkylation sites (N-methyl/N-ethyl adjacent to an activating group) is 2. The number of alkyl halides is 2. The normalized spacial score (nSPS) is 40.5. The van der Waals surface area contributed by atoms with Gasteiger partial charge in [-0.25, -0.2) is 17.6 Å². The molecule has 0 saturated heterocycles. The highest BCUT2D eigenvalue weighted by molar-refractivity contribution is 5.33. The third-order valence-corrected chi connectivity index (χ3v) is 3.58. The highest BCUT2D eigenvalue weighted by Crippen LogP contribution is 2.39. The van der Waals surface area contributed by atoms with Crippen LogP contribution in [-0.2, 0) is 0 Å². The molecule has 2 N–H and O–H groups in total. The van der Waals surface area contributed by atoms with Gasteiger partial charge in [0.2, 0.25) is 11.6 Å². The molecule has 0 bridgehead atoms. The molecule has 0 heterocycles. The fourth-order valence-electron chi connectivity index (χ4n) is 2.25. The van der Waals surface area contributed by atoms with Crippen LogP contribution in [0.1, 0.15) is 0 Å². The average Bonchev–Trinajstić information content (AvgIpc) is 2.40. The fraction of sp³-hybridized carbons (Fsp3) is 0.429. The van der Waals surface area contributed by atoms with Crippen molar-refractivity contribution < 1.29 is 17.6 Å². The number of hydrogen-bond donors (Lipinski definition) is 2. The van der Waals surface area contributed by atoms with Crippen molar-refractivity contribution >= 4 is 0 Å². The standard InChI is InChI=1S/C14H16F4N2/c1-19-13(17)5-3-9(11(15)7-13)10-4-6-14(18,20-2)8-12(10)16/h3-10,19-20H,1-2H3. The van der Waals surface area contributed by atoms with E-state index in [4.69, 9.17) is 0 Å². The zero-order chi connectivity index (χ0) is 15.0. The SMILES string of the molecule is CNC1(F)C=CC(C2C=CC(F)(NC)C=C2F)C(F)=C1. The zero-order valence-corrected chi connectivity index (χ0v) is 11.1. The van der Waals surface area contributed by atoms with E-state index in [9.17, 15) is 17.6 Å². The summed E-state index contributed by atoms with van der Waals surface area (Å²) in [5, 5.41) is 4.60. The fourth-order valence-corrected chi connectivity index (χ4v) is 2.25. The van der Waals surface area contributed by atoms with Crippen molar-refractivity contribution in [1.29, 1.82) is 0 Å². The Balaban J connectivity index is 2.24. The summed E-state index contributed by atoms with van der Waals surface area (Å²) in [6.07, 6.45) is 6.26. The van der Waals surface area contributed by atoms with Crippen LogP contribution < -0.4 is 10.6 Å². The van der Waals surface area contributed by atoms with Gasteiger partial charge in [0.05, 0.1) is 0 Å². The second kappa shape index (κ2) is 5.18. The monoisotopic (exact) mass is 288 g/mol. The van der Waals surface area contributed by atoms with Crippen molar-refractivity contribution in [3.63, 3.8) is 0 Å². The van der Waals surface area contributed by atoms with Gasteiger partial charge in [-0.2, -0.15) is 0 Å². The highest BCUT2D eigenvalue weighted by atomic mass is 19.2. The quantitative estimate of drug-likeness (QED) is 0.474. The Labute approximate surface area is 114 Å². The van der Waals surface area contributed by atoms with E-state index in [1.807, 2.05) is 0 Å². The van der Waals surface area contributed by atoms with E-state index < -0.39 is 35.1 Å². The van der Waals surface area contributed by atoms with Crippen LogP contribution in [0.5, 0.6) is 0 Å². The van der Waals surface area contributed by atoms with Crippen LogP contribution in [-0.4, -0.2) is 25.7 Å². The molecule has 0 fully saturated rings. The van der Waals surface area contributed by atoms with Gasteiger partial charge in [0, 0.05) is 24.0 Å². The predicted molar refractivity (Wildman–Crippen MR) is 69.4 cm³/mol. The second-order valence-electron chi connectivity index (χ2n) is 4.86. The summed E-state index contributed by atoms with van der Waals surface area (Å²) in [6.45, 7) is 0. The van der Waals surface area contributed by atoms with Crippen molar-refractivity contribution in [2.24, 2.45) is 11.8 Å². The molecule has 4 atom stereocenters. The lowest BCUT2D eigenvalue weighted by atomic mass is 9.82. The molecule has 2 rings (SSSR count). The first kappa shape index (κ1) is 15.0. The molecule has 0 aromatic heterocycles. The Bertz CT molecular complexity index is 465. The summed E-state index contributed by atoms with van der Waals surface area (Å²) in [5.41, 5.74) is 0. The summed E-state index contributed by atoms with van der Waals surface area (Å²) in [5.74, 6) is -7.68.